The zero-order chi connectivity index (χ0) is 13.1. The van der Waals surface area contributed by atoms with E-state index < -0.39 is 5.82 Å². The van der Waals surface area contributed by atoms with Crippen molar-refractivity contribution in [1.82, 2.24) is 4.90 Å². The summed E-state index contributed by atoms with van der Waals surface area (Å²) in [6.07, 6.45) is 1.11. The van der Waals surface area contributed by atoms with Crippen LogP contribution in [0.1, 0.15) is 30.1 Å². The third kappa shape index (κ3) is 2.70. The van der Waals surface area contributed by atoms with Gasteiger partial charge in [0.05, 0.1) is 6.10 Å². The second-order valence-electron chi connectivity index (χ2n) is 4.79. The average molecular weight is 251 g/mol. The van der Waals surface area contributed by atoms with Crippen LogP contribution in [-0.2, 0) is 0 Å². The van der Waals surface area contributed by atoms with Crippen molar-refractivity contribution < 1.29 is 14.3 Å². The molecule has 0 saturated carbocycles. The topological polar surface area (TPSA) is 40.5 Å². The molecule has 98 valence electrons. The molecule has 3 nitrogen and oxygen atoms in total. The predicted molar refractivity (Wildman–Crippen MR) is 66.7 cm³/mol. The molecule has 1 aromatic rings. The summed E-state index contributed by atoms with van der Waals surface area (Å²) in [4.78, 5) is 13.9. The lowest BCUT2D eigenvalue weighted by atomic mass is 9.92. The Bertz CT molecular complexity index is 436. The lowest BCUT2D eigenvalue weighted by Crippen LogP contribution is -2.45. The zero-order valence-corrected chi connectivity index (χ0v) is 10.5. The van der Waals surface area contributed by atoms with Gasteiger partial charge < -0.3 is 10.0 Å². The van der Waals surface area contributed by atoms with Crippen LogP contribution < -0.4 is 0 Å². The molecule has 1 aromatic carbocycles. The molecule has 1 amide bonds. The highest BCUT2D eigenvalue weighted by atomic mass is 19.1. The number of nitrogens with zero attached hydrogens (tertiary/aromatic N) is 1. The van der Waals surface area contributed by atoms with Crippen molar-refractivity contribution in [1.29, 1.82) is 0 Å². The van der Waals surface area contributed by atoms with E-state index in [-0.39, 0.29) is 17.9 Å². The molecule has 0 aliphatic carbocycles. The molecule has 2 unspecified atom stereocenters. The van der Waals surface area contributed by atoms with Crippen molar-refractivity contribution >= 4 is 5.91 Å². The molecule has 4 heteroatoms. The first-order valence-corrected chi connectivity index (χ1v) is 6.34. The van der Waals surface area contributed by atoms with E-state index >= 15 is 0 Å². The maximum absolute atomic E-state index is 13.1. The molecular weight excluding hydrogens is 233 g/mol. The van der Waals surface area contributed by atoms with Crippen LogP contribution in [0.25, 0.3) is 0 Å². The first-order chi connectivity index (χ1) is 8.61. The highest BCUT2D eigenvalue weighted by Gasteiger charge is 2.29. The molecule has 0 aromatic heterocycles. The summed E-state index contributed by atoms with van der Waals surface area (Å²) in [6.45, 7) is 3.09. The Balaban J connectivity index is 2.10. The van der Waals surface area contributed by atoms with Crippen LogP contribution in [0.4, 0.5) is 4.39 Å². The summed E-state index contributed by atoms with van der Waals surface area (Å²) in [6, 6.07) is 5.75. The number of rotatable bonds is 2. The number of piperidine rings is 1. The number of benzene rings is 1. The van der Waals surface area contributed by atoms with E-state index in [9.17, 15) is 14.3 Å². The zero-order valence-electron chi connectivity index (χ0n) is 10.5. The minimum absolute atomic E-state index is 0.122. The van der Waals surface area contributed by atoms with Gasteiger partial charge in [-0.3, -0.25) is 4.79 Å². The summed E-state index contributed by atoms with van der Waals surface area (Å²) >= 11 is 0. The molecule has 1 aliphatic rings. The molecule has 0 spiro atoms. The molecule has 1 heterocycles. The summed E-state index contributed by atoms with van der Waals surface area (Å²) in [5, 5.41) is 9.79. The van der Waals surface area contributed by atoms with E-state index in [0.717, 1.165) is 6.42 Å². The number of aliphatic hydroxyl groups is 1. The third-order valence-corrected chi connectivity index (χ3v) is 3.58. The smallest absolute Gasteiger partial charge is 0.253 e. The molecule has 0 radical (unpaired) electrons. The first-order valence-electron chi connectivity index (χ1n) is 6.34. The van der Waals surface area contributed by atoms with Gasteiger partial charge in [0.1, 0.15) is 5.82 Å². The molecule has 1 aliphatic heterocycles. The second kappa shape index (κ2) is 5.48. The number of carbonyl (C=O) groups excluding carboxylic acids is 1. The second-order valence-corrected chi connectivity index (χ2v) is 4.79. The monoisotopic (exact) mass is 251 g/mol. The number of hydrogen-bond acceptors (Lipinski definition) is 2. The number of aliphatic hydroxyl groups excluding tert-OH is 1. The fourth-order valence-electron chi connectivity index (χ4n) is 2.41. The van der Waals surface area contributed by atoms with Gasteiger partial charge in [0.25, 0.3) is 5.91 Å². The third-order valence-electron chi connectivity index (χ3n) is 3.58. The quantitative estimate of drug-likeness (QED) is 0.874. The van der Waals surface area contributed by atoms with Crippen LogP contribution in [-0.4, -0.2) is 35.1 Å². The van der Waals surface area contributed by atoms with Crippen LogP contribution >= 0.6 is 0 Å². The van der Waals surface area contributed by atoms with Crippen LogP contribution in [0.2, 0.25) is 0 Å². The molecular formula is C14H18FNO2. The number of hydrogen-bond donors (Lipinski definition) is 1. The standard InChI is InChI=1S/C14H18FNO2/c1-2-10-9-16(7-6-13(10)17)14(18)11-4-3-5-12(15)8-11/h3-5,8,10,13,17H,2,6-7,9H2,1H3. The van der Waals surface area contributed by atoms with E-state index in [1.807, 2.05) is 6.92 Å². The Morgan fingerprint density at radius 3 is 3.00 bits per heavy atom. The van der Waals surface area contributed by atoms with E-state index in [0.29, 0.717) is 25.1 Å². The highest BCUT2D eigenvalue weighted by molar-refractivity contribution is 5.94. The molecule has 18 heavy (non-hydrogen) atoms. The molecule has 1 N–H and O–H groups in total. The van der Waals surface area contributed by atoms with E-state index in [2.05, 4.69) is 0 Å². The van der Waals surface area contributed by atoms with Crippen LogP contribution in [0, 0.1) is 11.7 Å². The van der Waals surface area contributed by atoms with Crippen molar-refractivity contribution in [3.8, 4) is 0 Å². The van der Waals surface area contributed by atoms with Crippen molar-refractivity contribution in [3.05, 3.63) is 35.6 Å². The minimum atomic E-state index is -0.398. The Labute approximate surface area is 106 Å². The van der Waals surface area contributed by atoms with Crippen LogP contribution in [0.3, 0.4) is 0 Å². The van der Waals surface area contributed by atoms with Gasteiger partial charge in [0, 0.05) is 24.6 Å². The average Bonchev–Trinajstić information content (AvgIpc) is 2.38. The summed E-state index contributed by atoms with van der Waals surface area (Å²) in [7, 11) is 0. The van der Waals surface area contributed by atoms with Gasteiger partial charge in [-0.15, -0.1) is 0 Å². The van der Waals surface area contributed by atoms with Crippen molar-refractivity contribution in [3.63, 3.8) is 0 Å². The highest BCUT2D eigenvalue weighted by Crippen LogP contribution is 2.21. The number of carbonyl (C=O) groups is 1. The Morgan fingerprint density at radius 2 is 2.33 bits per heavy atom. The van der Waals surface area contributed by atoms with Crippen LogP contribution in [0.5, 0.6) is 0 Å². The van der Waals surface area contributed by atoms with Crippen molar-refractivity contribution in [2.24, 2.45) is 5.92 Å². The number of halogens is 1. The van der Waals surface area contributed by atoms with E-state index in [4.69, 9.17) is 0 Å². The Morgan fingerprint density at radius 1 is 1.56 bits per heavy atom. The summed E-state index contributed by atoms with van der Waals surface area (Å²) in [5.41, 5.74) is 0.376. The van der Waals surface area contributed by atoms with Gasteiger partial charge in [-0.2, -0.15) is 0 Å². The van der Waals surface area contributed by atoms with Gasteiger partial charge >= 0.3 is 0 Å². The Kier molecular flexibility index (Phi) is 3.97. The normalized spacial score (nSPS) is 24.1. The molecule has 1 fully saturated rings. The summed E-state index contributed by atoms with van der Waals surface area (Å²) in [5.74, 6) is -0.430. The van der Waals surface area contributed by atoms with E-state index in [1.54, 1.807) is 17.0 Å². The fourth-order valence-corrected chi connectivity index (χ4v) is 2.41. The molecule has 0 bridgehead atoms. The molecule has 2 atom stereocenters. The summed E-state index contributed by atoms with van der Waals surface area (Å²) < 4.78 is 13.1. The minimum Gasteiger partial charge on any atom is -0.393 e. The van der Waals surface area contributed by atoms with Gasteiger partial charge in [0.2, 0.25) is 0 Å². The number of likely N-dealkylation sites (tertiary alicyclic amines) is 1. The fraction of sp³-hybridized carbons (Fsp3) is 0.500. The molecule has 2 rings (SSSR count). The van der Waals surface area contributed by atoms with Gasteiger partial charge in [-0.05, 0) is 31.0 Å². The Hall–Kier alpha value is -1.42. The lowest BCUT2D eigenvalue weighted by Gasteiger charge is -2.35. The maximum atomic E-state index is 13.1. The van der Waals surface area contributed by atoms with Crippen molar-refractivity contribution in [2.45, 2.75) is 25.9 Å². The molecule has 1 saturated heterocycles. The largest absolute Gasteiger partial charge is 0.393 e. The predicted octanol–water partition coefficient (Wildman–Crippen LogP) is 2.06. The lowest BCUT2D eigenvalue weighted by molar-refractivity contribution is 0.0228. The van der Waals surface area contributed by atoms with Gasteiger partial charge in [-0.25, -0.2) is 4.39 Å². The number of amides is 1. The van der Waals surface area contributed by atoms with E-state index in [1.165, 1.54) is 12.1 Å². The van der Waals surface area contributed by atoms with Gasteiger partial charge in [-0.1, -0.05) is 13.0 Å². The SMILES string of the molecule is CCC1CN(C(=O)c2cccc(F)c2)CCC1O. The van der Waals surface area contributed by atoms with Gasteiger partial charge in [0.15, 0.2) is 0 Å². The van der Waals surface area contributed by atoms with Crippen molar-refractivity contribution in [2.75, 3.05) is 13.1 Å². The first kappa shape index (κ1) is 13.0. The maximum Gasteiger partial charge on any atom is 0.253 e. The van der Waals surface area contributed by atoms with Crippen LogP contribution in [0.15, 0.2) is 24.3 Å².